The number of unbranched alkanes of at least 4 members (excludes halogenated alkanes) is 1. The van der Waals surface area contributed by atoms with Crippen LogP contribution in [0.2, 0.25) is 0 Å². The maximum absolute atomic E-state index is 11.3. The fourth-order valence-corrected chi connectivity index (χ4v) is 1.94. The number of carbonyl (C=O) groups is 1. The molecule has 0 spiro atoms. The fraction of sp³-hybridized carbons (Fsp3) is 0.667. The van der Waals surface area contributed by atoms with E-state index in [-0.39, 0.29) is 0 Å². The van der Waals surface area contributed by atoms with E-state index in [2.05, 4.69) is 0 Å². The smallest absolute Gasteiger partial charge is 0.449 e. The van der Waals surface area contributed by atoms with Gasteiger partial charge in [0, 0.05) is 27.4 Å². The summed E-state index contributed by atoms with van der Waals surface area (Å²) in [5.74, 6) is -0.513. The quantitative estimate of drug-likeness (QED) is 0.490. The van der Waals surface area contributed by atoms with Gasteiger partial charge in [0.05, 0.1) is 0 Å². The van der Waals surface area contributed by atoms with Crippen molar-refractivity contribution in [1.82, 2.24) is 0 Å². The van der Waals surface area contributed by atoms with E-state index < -0.39 is 15.0 Å². The highest BCUT2D eigenvalue weighted by Crippen LogP contribution is 2.08. The predicted octanol–water partition coefficient (Wildman–Crippen LogP) is 1.26. The molecule has 15 heavy (non-hydrogen) atoms. The van der Waals surface area contributed by atoms with Crippen LogP contribution in [0.4, 0.5) is 0 Å². The predicted molar refractivity (Wildman–Crippen MR) is 56.9 cm³/mol. The molecule has 0 aromatic rings. The molecule has 88 valence electrons. The van der Waals surface area contributed by atoms with Crippen molar-refractivity contribution in [3.05, 3.63) is 12.2 Å². The third-order valence-corrected chi connectivity index (χ3v) is 3.64. The number of hydrogen-bond acceptors (Lipinski definition) is 5. The average molecular weight is 234 g/mol. The molecule has 6 heteroatoms. The van der Waals surface area contributed by atoms with Crippen molar-refractivity contribution < 1.29 is 22.5 Å². The minimum absolute atomic E-state index is 0.513. The number of rotatable bonds is 7. The molecule has 0 radical (unpaired) electrons. The Morgan fingerprint density at radius 1 is 1.20 bits per heavy atom. The van der Waals surface area contributed by atoms with Gasteiger partial charge in [-0.15, -0.1) is 0 Å². The lowest BCUT2D eigenvalue weighted by Gasteiger charge is -2.21. The van der Waals surface area contributed by atoms with Gasteiger partial charge in [0.2, 0.25) is 0 Å². The summed E-state index contributed by atoms with van der Waals surface area (Å²) in [5.41, 5.74) is 0. The molecular weight excluding hydrogens is 216 g/mol. The highest BCUT2D eigenvalue weighted by Gasteiger charge is 2.46. The molecule has 0 saturated carbocycles. The highest BCUT2D eigenvalue weighted by atomic mass is 28.4. The molecule has 0 fully saturated rings. The van der Waals surface area contributed by atoms with Gasteiger partial charge in [-0.3, -0.25) is 0 Å². The average Bonchev–Trinajstić information content (AvgIpc) is 2.26. The lowest BCUT2D eigenvalue weighted by Crippen LogP contribution is -2.47. The maximum atomic E-state index is 11.3. The Balaban J connectivity index is 4.23. The Hall–Kier alpha value is -0.693. The first-order chi connectivity index (χ1) is 7.14. The second kappa shape index (κ2) is 7.58. The van der Waals surface area contributed by atoms with E-state index in [0.717, 1.165) is 12.8 Å². The van der Waals surface area contributed by atoms with Gasteiger partial charge < -0.3 is 17.7 Å². The van der Waals surface area contributed by atoms with Gasteiger partial charge in [0.25, 0.3) is 0 Å². The van der Waals surface area contributed by atoms with Crippen molar-refractivity contribution in [2.75, 3.05) is 21.3 Å². The number of carbonyl (C=O) groups excluding carboxylic acids is 1. The number of allylic oxidation sites excluding steroid dienone is 1. The molecule has 0 aromatic heterocycles. The van der Waals surface area contributed by atoms with E-state index in [0.29, 0.717) is 0 Å². The van der Waals surface area contributed by atoms with Crippen LogP contribution in [-0.2, 0) is 22.5 Å². The van der Waals surface area contributed by atoms with E-state index in [1.165, 1.54) is 27.4 Å². The van der Waals surface area contributed by atoms with Crippen LogP contribution in [0.25, 0.3) is 0 Å². The highest BCUT2D eigenvalue weighted by molar-refractivity contribution is 6.55. The second-order valence-electron chi connectivity index (χ2n) is 2.72. The summed E-state index contributed by atoms with van der Waals surface area (Å²) in [6.45, 7) is 2.02. The molecule has 0 N–H and O–H groups in total. The SMILES string of the molecule is CCCC=CC(=O)O[Si](OC)(OC)OC. The molecule has 0 saturated heterocycles. The topological polar surface area (TPSA) is 54.0 Å². The second-order valence-corrected chi connectivity index (χ2v) is 5.15. The molecule has 0 aromatic carbocycles. The van der Waals surface area contributed by atoms with Crippen LogP contribution in [-0.4, -0.2) is 36.3 Å². The van der Waals surface area contributed by atoms with Crippen molar-refractivity contribution in [1.29, 1.82) is 0 Å². The Morgan fingerprint density at radius 2 is 1.73 bits per heavy atom. The van der Waals surface area contributed by atoms with E-state index in [1.54, 1.807) is 6.08 Å². The molecular formula is C9H18O5Si. The van der Waals surface area contributed by atoms with Gasteiger partial charge in [0.15, 0.2) is 0 Å². The first-order valence-corrected chi connectivity index (χ1v) is 6.32. The molecule has 0 aliphatic heterocycles. The van der Waals surface area contributed by atoms with Crippen LogP contribution in [0.5, 0.6) is 0 Å². The van der Waals surface area contributed by atoms with Gasteiger partial charge in [-0.05, 0) is 6.42 Å². The standard InChI is InChI=1S/C9H18O5Si/c1-5-6-7-8-9(10)14-15(11-2,12-3)13-4/h7-8H,5-6H2,1-4H3. The van der Waals surface area contributed by atoms with Gasteiger partial charge >= 0.3 is 15.0 Å². The molecule has 0 atom stereocenters. The minimum Gasteiger partial charge on any atom is -0.449 e. The zero-order valence-corrected chi connectivity index (χ0v) is 10.6. The van der Waals surface area contributed by atoms with Crippen molar-refractivity contribution >= 4 is 15.0 Å². The van der Waals surface area contributed by atoms with Gasteiger partial charge in [0.1, 0.15) is 0 Å². The summed E-state index contributed by atoms with van der Waals surface area (Å²) in [5, 5.41) is 0. The Labute approximate surface area is 91.5 Å². The first-order valence-electron chi connectivity index (χ1n) is 4.69. The first kappa shape index (κ1) is 14.3. The van der Waals surface area contributed by atoms with Crippen LogP contribution in [0.15, 0.2) is 12.2 Å². The molecule has 0 aliphatic carbocycles. The van der Waals surface area contributed by atoms with Gasteiger partial charge in [-0.25, -0.2) is 4.79 Å². The molecule has 5 nitrogen and oxygen atoms in total. The van der Waals surface area contributed by atoms with Gasteiger partial charge in [-0.1, -0.05) is 19.4 Å². The molecule has 0 rings (SSSR count). The van der Waals surface area contributed by atoms with E-state index in [4.69, 9.17) is 17.7 Å². The summed E-state index contributed by atoms with van der Waals surface area (Å²) in [4.78, 5) is 11.3. The monoisotopic (exact) mass is 234 g/mol. The Kier molecular flexibility index (Phi) is 7.23. The van der Waals surface area contributed by atoms with Crippen molar-refractivity contribution in [2.45, 2.75) is 19.8 Å². The summed E-state index contributed by atoms with van der Waals surface area (Å²) < 4.78 is 19.8. The number of hydrogen-bond donors (Lipinski definition) is 0. The van der Waals surface area contributed by atoms with Crippen molar-refractivity contribution in [3.8, 4) is 0 Å². The van der Waals surface area contributed by atoms with Crippen molar-refractivity contribution in [2.24, 2.45) is 0 Å². The molecule has 0 unspecified atom stereocenters. The fourth-order valence-electron chi connectivity index (χ4n) is 0.878. The summed E-state index contributed by atoms with van der Waals surface area (Å²) in [6, 6.07) is 0. The van der Waals surface area contributed by atoms with Crippen LogP contribution in [0.1, 0.15) is 19.8 Å². The van der Waals surface area contributed by atoms with Crippen LogP contribution < -0.4 is 0 Å². The van der Waals surface area contributed by atoms with Crippen molar-refractivity contribution in [3.63, 3.8) is 0 Å². The van der Waals surface area contributed by atoms with E-state index in [1.807, 2.05) is 6.92 Å². The summed E-state index contributed by atoms with van der Waals surface area (Å²) in [7, 11) is 0.890. The zero-order chi connectivity index (χ0) is 11.7. The lowest BCUT2D eigenvalue weighted by molar-refractivity contribution is -0.137. The largest absolute Gasteiger partial charge is 0.751 e. The summed E-state index contributed by atoms with van der Waals surface area (Å²) in [6.07, 6.45) is 4.90. The Bertz CT molecular complexity index is 204. The molecule has 0 heterocycles. The normalized spacial score (nSPS) is 12.0. The summed E-state index contributed by atoms with van der Waals surface area (Å²) >= 11 is 0. The molecule has 0 amide bonds. The van der Waals surface area contributed by atoms with Crippen LogP contribution in [0.3, 0.4) is 0 Å². The van der Waals surface area contributed by atoms with E-state index in [9.17, 15) is 4.79 Å². The minimum atomic E-state index is -3.24. The van der Waals surface area contributed by atoms with E-state index >= 15 is 0 Å². The lowest BCUT2D eigenvalue weighted by atomic mass is 10.3. The molecule has 0 bridgehead atoms. The maximum Gasteiger partial charge on any atom is 0.751 e. The third-order valence-electron chi connectivity index (χ3n) is 1.68. The third kappa shape index (κ3) is 5.08. The zero-order valence-electron chi connectivity index (χ0n) is 9.61. The van der Waals surface area contributed by atoms with Crippen LogP contribution >= 0.6 is 0 Å². The molecule has 0 aliphatic rings. The Morgan fingerprint density at radius 3 is 2.13 bits per heavy atom. The van der Waals surface area contributed by atoms with Crippen LogP contribution in [0, 0.1) is 0 Å². The van der Waals surface area contributed by atoms with Gasteiger partial charge in [-0.2, -0.15) is 0 Å².